The molecule has 2 rings (SSSR count). The van der Waals surface area contributed by atoms with Crippen molar-refractivity contribution in [3.05, 3.63) is 71.3 Å². The smallest absolute Gasteiger partial charge is 0.330 e. The zero-order valence-electron chi connectivity index (χ0n) is 13.2. The molecule has 4 nitrogen and oxygen atoms in total. The predicted molar refractivity (Wildman–Crippen MR) is 89.1 cm³/mol. The molecule has 4 heteroatoms. The highest BCUT2D eigenvalue weighted by Gasteiger charge is 2.21. The van der Waals surface area contributed by atoms with Crippen molar-refractivity contribution in [1.82, 2.24) is 5.32 Å². The highest BCUT2D eigenvalue weighted by molar-refractivity contribution is 5.84. The quantitative estimate of drug-likeness (QED) is 0.825. The van der Waals surface area contributed by atoms with Gasteiger partial charge < -0.3 is 10.4 Å². The van der Waals surface area contributed by atoms with Crippen LogP contribution in [0.1, 0.15) is 35.6 Å². The number of aryl methyl sites for hydroxylation is 2. The highest BCUT2D eigenvalue weighted by Crippen LogP contribution is 2.13. The van der Waals surface area contributed by atoms with Crippen molar-refractivity contribution in [3.8, 4) is 0 Å². The van der Waals surface area contributed by atoms with Gasteiger partial charge in [0.1, 0.15) is 0 Å². The Kier molecular flexibility index (Phi) is 5.92. The molecule has 120 valence electrons. The minimum Gasteiger partial charge on any atom is -0.479 e. The van der Waals surface area contributed by atoms with E-state index in [1.54, 1.807) is 24.3 Å². The summed E-state index contributed by atoms with van der Waals surface area (Å²) in [6.45, 7) is 2.03. The van der Waals surface area contributed by atoms with E-state index < -0.39 is 12.0 Å². The Morgan fingerprint density at radius 2 is 1.70 bits per heavy atom. The number of amides is 1. The molecule has 0 spiro atoms. The second-order valence-corrected chi connectivity index (χ2v) is 5.59. The summed E-state index contributed by atoms with van der Waals surface area (Å²) >= 11 is 0. The highest BCUT2D eigenvalue weighted by atomic mass is 16.4. The van der Waals surface area contributed by atoms with Crippen LogP contribution in [-0.4, -0.2) is 17.0 Å². The molecule has 2 aromatic rings. The van der Waals surface area contributed by atoms with Crippen molar-refractivity contribution in [1.29, 1.82) is 0 Å². The Labute approximate surface area is 136 Å². The molecule has 2 aromatic carbocycles. The van der Waals surface area contributed by atoms with Crippen molar-refractivity contribution in [2.45, 2.75) is 32.2 Å². The van der Waals surface area contributed by atoms with E-state index >= 15 is 0 Å². The van der Waals surface area contributed by atoms with Gasteiger partial charge in [-0.15, -0.1) is 0 Å². The Hall–Kier alpha value is -2.62. The number of carboxylic acid groups (broad SMARTS) is 1. The Morgan fingerprint density at radius 3 is 2.30 bits per heavy atom. The first-order valence-corrected chi connectivity index (χ1v) is 7.69. The molecule has 0 radical (unpaired) electrons. The zero-order chi connectivity index (χ0) is 16.7. The molecule has 0 bridgehead atoms. The fraction of sp³-hybridized carbons (Fsp3) is 0.263. The Balaban J connectivity index is 1.85. The molecule has 0 saturated heterocycles. The fourth-order valence-corrected chi connectivity index (χ4v) is 2.37. The van der Waals surface area contributed by atoms with Gasteiger partial charge in [0.15, 0.2) is 6.04 Å². The third-order valence-electron chi connectivity index (χ3n) is 3.68. The molecule has 23 heavy (non-hydrogen) atoms. The van der Waals surface area contributed by atoms with E-state index in [-0.39, 0.29) is 5.91 Å². The summed E-state index contributed by atoms with van der Waals surface area (Å²) in [7, 11) is 0. The Morgan fingerprint density at radius 1 is 1.04 bits per heavy atom. The summed E-state index contributed by atoms with van der Waals surface area (Å²) in [6, 6.07) is 15.9. The summed E-state index contributed by atoms with van der Waals surface area (Å²) in [4.78, 5) is 23.3. The average molecular weight is 311 g/mol. The number of carboxylic acids is 1. The van der Waals surface area contributed by atoms with Crippen LogP contribution in [0.25, 0.3) is 0 Å². The van der Waals surface area contributed by atoms with E-state index in [4.69, 9.17) is 0 Å². The van der Waals surface area contributed by atoms with Gasteiger partial charge in [-0.25, -0.2) is 4.79 Å². The molecule has 0 aromatic heterocycles. The molecular formula is C19H21NO3. The molecule has 0 saturated carbocycles. The van der Waals surface area contributed by atoms with Gasteiger partial charge in [0.2, 0.25) is 5.91 Å². The number of nitrogens with one attached hydrogen (secondary N) is 1. The van der Waals surface area contributed by atoms with Crippen LogP contribution in [0, 0.1) is 6.92 Å². The summed E-state index contributed by atoms with van der Waals surface area (Å²) in [5, 5.41) is 11.9. The lowest BCUT2D eigenvalue weighted by Crippen LogP contribution is -2.33. The van der Waals surface area contributed by atoms with Crippen molar-refractivity contribution in [2.24, 2.45) is 0 Å². The SMILES string of the molecule is Cc1ccc(CCCC(=O)NC(C(=O)O)c2ccccc2)cc1. The largest absolute Gasteiger partial charge is 0.479 e. The summed E-state index contributed by atoms with van der Waals surface area (Å²) in [6.07, 6.45) is 1.80. The average Bonchev–Trinajstić information content (AvgIpc) is 2.55. The normalized spacial score (nSPS) is 11.7. The van der Waals surface area contributed by atoms with E-state index in [0.29, 0.717) is 18.4 Å². The number of carbonyl (C=O) groups is 2. The lowest BCUT2D eigenvalue weighted by atomic mass is 10.0. The molecule has 1 atom stereocenters. The number of carbonyl (C=O) groups excluding carboxylic acids is 1. The number of aliphatic carboxylic acids is 1. The van der Waals surface area contributed by atoms with Gasteiger partial charge in [0.05, 0.1) is 0 Å². The van der Waals surface area contributed by atoms with Gasteiger partial charge in [-0.1, -0.05) is 60.2 Å². The number of benzene rings is 2. The van der Waals surface area contributed by atoms with Gasteiger partial charge in [-0.05, 0) is 30.9 Å². The molecule has 0 fully saturated rings. The first kappa shape index (κ1) is 16.7. The van der Waals surface area contributed by atoms with E-state index in [0.717, 1.165) is 6.42 Å². The predicted octanol–water partition coefficient (Wildman–Crippen LogP) is 3.26. The van der Waals surface area contributed by atoms with E-state index in [9.17, 15) is 14.7 Å². The molecule has 0 aliphatic rings. The topological polar surface area (TPSA) is 66.4 Å². The minimum absolute atomic E-state index is 0.242. The molecule has 0 aliphatic carbocycles. The molecular weight excluding hydrogens is 290 g/mol. The van der Waals surface area contributed by atoms with Gasteiger partial charge in [0.25, 0.3) is 0 Å². The van der Waals surface area contributed by atoms with Crippen LogP contribution >= 0.6 is 0 Å². The maximum Gasteiger partial charge on any atom is 0.330 e. The second-order valence-electron chi connectivity index (χ2n) is 5.59. The number of rotatable bonds is 7. The standard InChI is InChI=1S/C19H21NO3/c1-14-10-12-15(13-11-14)6-5-9-17(21)20-18(19(22)23)16-7-3-2-4-8-16/h2-4,7-8,10-13,18H,5-6,9H2,1H3,(H,20,21)(H,22,23). The maximum absolute atomic E-state index is 12.0. The van der Waals surface area contributed by atoms with Crippen LogP contribution in [-0.2, 0) is 16.0 Å². The summed E-state index contributed by atoms with van der Waals surface area (Å²) in [5.41, 5.74) is 2.96. The van der Waals surface area contributed by atoms with Crippen LogP contribution in [0.5, 0.6) is 0 Å². The minimum atomic E-state index is -1.05. The summed E-state index contributed by atoms with van der Waals surface area (Å²) < 4.78 is 0. The second kappa shape index (κ2) is 8.13. The molecule has 1 unspecified atom stereocenters. The molecule has 0 heterocycles. The van der Waals surface area contributed by atoms with E-state index in [1.165, 1.54) is 11.1 Å². The van der Waals surface area contributed by atoms with E-state index in [2.05, 4.69) is 17.4 Å². The first-order chi connectivity index (χ1) is 11.1. The van der Waals surface area contributed by atoms with Gasteiger partial charge in [-0.2, -0.15) is 0 Å². The molecule has 1 amide bonds. The lowest BCUT2D eigenvalue weighted by molar-refractivity contribution is -0.142. The molecule has 0 aliphatic heterocycles. The third-order valence-corrected chi connectivity index (χ3v) is 3.68. The van der Waals surface area contributed by atoms with Crippen molar-refractivity contribution >= 4 is 11.9 Å². The van der Waals surface area contributed by atoms with Gasteiger partial charge in [0, 0.05) is 6.42 Å². The maximum atomic E-state index is 12.0. The van der Waals surface area contributed by atoms with Crippen LogP contribution in [0.3, 0.4) is 0 Å². The monoisotopic (exact) mass is 311 g/mol. The van der Waals surface area contributed by atoms with Crippen LogP contribution in [0.4, 0.5) is 0 Å². The van der Waals surface area contributed by atoms with Crippen LogP contribution in [0.15, 0.2) is 54.6 Å². The number of hydrogen-bond donors (Lipinski definition) is 2. The van der Waals surface area contributed by atoms with Crippen LogP contribution in [0.2, 0.25) is 0 Å². The van der Waals surface area contributed by atoms with Crippen molar-refractivity contribution in [3.63, 3.8) is 0 Å². The fourth-order valence-electron chi connectivity index (χ4n) is 2.37. The van der Waals surface area contributed by atoms with Crippen LogP contribution < -0.4 is 5.32 Å². The first-order valence-electron chi connectivity index (χ1n) is 7.69. The van der Waals surface area contributed by atoms with Crippen molar-refractivity contribution < 1.29 is 14.7 Å². The number of hydrogen-bond acceptors (Lipinski definition) is 2. The van der Waals surface area contributed by atoms with E-state index in [1.807, 2.05) is 25.1 Å². The summed E-state index contributed by atoms with van der Waals surface area (Å²) in [5.74, 6) is -1.29. The third kappa shape index (κ3) is 5.25. The van der Waals surface area contributed by atoms with Crippen molar-refractivity contribution in [2.75, 3.05) is 0 Å². The molecule has 2 N–H and O–H groups in total. The Bertz CT molecular complexity index is 650. The zero-order valence-corrected chi connectivity index (χ0v) is 13.2. The van der Waals surface area contributed by atoms with Gasteiger partial charge in [-0.3, -0.25) is 4.79 Å². The lowest BCUT2D eigenvalue weighted by Gasteiger charge is -2.14. The van der Waals surface area contributed by atoms with Gasteiger partial charge >= 0.3 is 5.97 Å².